The van der Waals surface area contributed by atoms with Gasteiger partial charge in [0.1, 0.15) is 12.3 Å². The number of rotatable bonds is 7. The number of hydrogen-bond donors (Lipinski definition) is 0. The van der Waals surface area contributed by atoms with Crippen LogP contribution in [0.1, 0.15) is 51.2 Å². The SMILES string of the molecule is CC1CCN(S(=O)(=O)c2cn(CC(=O)N(Cc3ccco3)C3CCCC3)cn2)CC1. The van der Waals surface area contributed by atoms with E-state index in [0.29, 0.717) is 25.6 Å². The summed E-state index contributed by atoms with van der Waals surface area (Å²) >= 11 is 0. The Morgan fingerprint density at radius 3 is 2.63 bits per heavy atom. The fraction of sp³-hybridized carbons (Fsp3) is 0.619. The van der Waals surface area contributed by atoms with E-state index in [4.69, 9.17) is 4.42 Å². The molecule has 0 unspecified atom stereocenters. The number of sulfonamides is 1. The summed E-state index contributed by atoms with van der Waals surface area (Å²) in [5, 5.41) is 0.0169. The Morgan fingerprint density at radius 1 is 1.23 bits per heavy atom. The molecule has 3 heterocycles. The summed E-state index contributed by atoms with van der Waals surface area (Å²) in [7, 11) is -3.62. The van der Waals surface area contributed by atoms with Crippen molar-refractivity contribution in [1.29, 1.82) is 0 Å². The number of carbonyl (C=O) groups excluding carboxylic acids is 1. The van der Waals surface area contributed by atoms with Crippen LogP contribution in [0.15, 0.2) is 40.4 Å². The highest BCUT2D eigenvalue weighted by atomic mass is 32.2. The largest absolute Gasteiger partial charge is 0.467 e. The fourth-order valence-corrected chi connectivity index (χ4v) is 5.78. The van der Waals surface area contributed by atoms with Gasteiger partial charge in [-0.2, -0.15) is 4.31 Å². The molecule has 164 valence electrons. The Balaban J connectivity index is 1.45. The van der Waals surface area contributed by atoms with Gasteiger partial charge >= 0.3 is 0 Å². The maximum Gasteiger partial charge on any atom is 0.262 e. The molecule has 0 aromatic carbocycles. The molecule has 8 nitrogen and oxygen atoms in total. The quantitative estimate of drug-likeness (QED) is 0.669. The summed E-state index contributed by atoms with van der Waals surface area (Å²) in [4.78, 5) is 19.1. The molecular formula is C21H30N4O4S. The zero-order valence-electron chi connectivity index (χ0n) is 17.4. The average molecular weight is 435 g/mol. The van der Waals surface area contributed by atoms with Gasteiger partial charge in [0, 0.05) is 25.3 Å². The Morgan fingerprint density at radius 2 is 1.97 bits per heavy atom. The first-order valence-corrected chi connectivity index (χ1v) is 12.2. The van der Waals surface area contributed by atoms with Gasteiger partial charge in [0.2, 0.25) is 5.91 Å². The number of carbonyl (C=O) groups is 1. The second-order valence-corrected chi connectivity index (χ2v) is 10.4. The van der Waals surface area contributed by atoms with Crippen LogP contribution in [0.3, 0.4) is 0 Å². The van der Waals surface area contributed by atoms with Crippen molar-refractivity contribution in [3.63, 3.8) is 0 Å². The van der Waals surface area contributed by atoms with Crippen molar-refractivity contribution in [2.45, 2.75) is 69.6 Å². The van der Waals surface area contributed by atoms with Gasteiger partial charge < -0.3 is 13.9 Å². The summed E-state index contributed by atoms with van der Waals surface area (Å²) in [5.74, 6) is 1.25. The Kier molecular flexibility index (Phi) is 6.29. The number of imidazole rings is 1. The first-order valence-electron chi connectivity index (χ1n) is 10.8. The van der Waals surface area contributed by atoms with Gasteiger partial charge in [-0.05, 0) is 43.7 Å². The number of furan rings is 1. The minimum absolute atomic E-state index is 0.0169. The molecule has 0 bridgehead atoms. The molecule has 2 aliphatic rings. The lowest BCUT2D eigenvalue weighted by atomic mass is 10.0. The molecule has 1 amide bonds. The lowest BCUT2D eigenvalue weighted by molar-refractivity contribution is -0.135. The van der Waals surface area contributed by atoms with E-state index in [1.807, 2.05) is 17.0 Å². The van der Waals surface area contributed by atoms with Crippen molar-refractivity contribution in [1.82, 2.24) is 18.8 Å². The third kappa shape index (κ3) is 4.62. The van der Waals surface area contributed by atoms with Crippen LogP contribution in [0, 0.1) is 5.92 Å². The second kappa shape index (κ2) is 8.93. The summed E-state index contributed by atoms with van der Waals surface area (Å²) in [6.45, 7) is 3.68. The average Bonchev–Trinajstić information content (AvgIpc) is 3.48. The van der Waals surface area contributed by atoms with Crippen LogP contribution in [0.4, 0.5) is 0 Å². The third-order valence-corrected chi connectivity index (χ3v) is 8.05. The molecule has 4 rings (SSSR count). The smallest absolute Gasteiger partial charge is 0.262 e. The van der Waals surface area contributed by atoms with E-state index >= 15 is 0 Å². The number of nitrogens with zero attached hydrogens (tertiary/aromatic N) is 4. The number of piperidine rings is 1. The summed E-state index contributed by atoms with van der Waals surface area (Å²) in [6, 6.07) is 3.89. The van der Waals surface area contributed by atoms with Gasteiger partial charge in [-0.25, -0.2) is 13.4 Å². The van der Waals surface area contributed by atoms with Gasteiger partial charge in [-0.1, -0.05) is 19.8 Å². The van der Waals surface area contributed by atoms with Gasteiger partial charge in [0.15, 0.2) is 5.03 Å². The Labute approximate surface area is 177 Å². The molecule has 9 heteroatoms. The zero-order valence-corrected chi connectivity index (χ0v) is 18.3. The van der Waals surface area contributed by atoms with E-state index in [0.717, 1.165) is 44.3 Å². The van der Waals surface area contributed by atoms with Crippen LogP contribution in [-0.4, -0.2) is 52.2 Å². The normalized spacial score (nSPS) is 19.4. The third-order valence-electron chi connectivity index (χ3n) is 6.27. The van der Waals surface area contributed by atoms with E-state index in [1.54, 1.807) is 10.8 Å². The van der Waals surface area contributed by atoms with E-state index in [2.05, 4.69) is 11.9 Å². The lowest BCUT2D eigenvalue weighted by Gasteiger charge is -2.28. The molecule has 0 radical (unpaired) electrons. The molecule has 1 aliphatic heterocycles. The number of amides is 1. The Hall–Kier alpha value is -2.13. The number of aromatic nitrogens is 2. The number of hydrogen-bond acceptors (Lipinski definition) is 5. The van der Waals surface area contributed by atoms with Crippen LogP contribution < -0.4 is 0 Å². The van der Waals surface area contributed by atoms with Crippen molar-refractivity contribution in [3.8, 4) is 0 Å². The molecule has 1 saturated heterocycles. The highest BCUT2D eigenvalue weighted by Crippen LogP contribution is 2.26. The first-order chi connectivity index (χ1) is 14.4. The molecule has 0 spiro atoms. The van der Waals surface area contributed by atoms with Crippen molar-refractivity contribution in [3.05, 3.63) is 36.7 Å². The molecule has 2 aromatic heterocycles. The van der Waals surface area contributed by atoms with Crippen LogP contribution in [0.25, 0.3) is 0 Å². The van der Waals surface area contributed by atoms with E-state index in [-0.39, 0.29) is 23.5 Å². The van der Waals surface area contributed by atoms with E-state index in [1.165, 1.54) is 16.8 Å². The molecule has 30 heavy (non-hydrogen) atoms. The van der Waals surface area contributed by atoms with Crippen molar-refractivity contribution in [2.24, 2.45) is 5.92 Å². The predicted octanol–water partition coefficient (Wildman–Crippen LogP) is 2.87. The van der Waals surface area contributed by atoms with Crippen LogP contribution >= 0.6 is 0 Å². The van der Waals surface area contributed by atoms with Crippen molar-refractivity contribution >= 4 is 15.9 Å². The zero-order chi connectivity index (χ0) is 21.1. The van der Waals surface area contributed by atoms with E-state index in [9.17, 15) is 13.2 Å². The highest BCUT2D eigenvalue weighted by molar-refractivity contribution is 7.89. The molecule has 0 atom stereocenters. The van der Waals surface area contributed by atoms with Gasteiger partial charge in [0.25, 0.3) is 10.0 Å². The van der Waals surface area contributed by atoms with Gasteiger partial charge in [0.05, 0.1) is 19.1 Å². The second-order valence-electron chi connectivity index (χ2n) is 8.51. The predicted molar refractivity (Wildman–Crippen MR) is 111 cm³/mol. The van der Waals surface area contributed by atoms with Gasteiger partial charge in [-0.15, -0.1) is 0 Å². The summed E-state index contributed by atoms with van der Waals surface area (Å²) < 4.78 is 34.3. The first kappa shape index (κ1) is 21.1. The van der Waals surface area contributed by atoms with Crippen molar-refractivity contribution < 1.29 is 17.6 Å². The molecule has 1 aliphatic carbocycles. The minimum atomic E-state index is -3.62. The lowest BCUT2D eigenvalue weighted by Crippen LogP contribution is -2.40. The van der Waals surface area contributed by atoms with Crippen LogP contribution in [0.5, 0.6) is 0 Å². The summed E-state index contributed by atoms with van der Waals surface area (Å²) in [5.41, 5.74) is 0. The summed E-state index contributed by atoms with van der Waals surface area (Å²) in [6.07, 6.45) is 10.5. The minimum Gasteiger partial charge on any atom is -0.467 e. The molecule has 2 aromatic rings. The maximum absolute atomic E-state index is 13.1. The topological polar surface area (TPSA) is 88.7 Å². The van der Waals surface area contributed by atoms with Gasteiger partial charge in [-0.3, -0.25) is 4.79 Å². The standard InChI is InChI=1S/C21H30N4O4S/c1-17-8-10-24(11-9-17)30(27,28)20-14-23(16-22-20)15-21(26)25(18-5-2-3-6-18)13-19-7-4-12-29-19/h4,7,12,14,16-18H,2-3,5-6,8-11,13,15H2,1H3. The van der Waals surface area contributed by atoms with Crippen LogP contribution in [0.2, 0.25) is 0 Å². The highest BCUT2D eigenvalue weighted by Gasteiger charge is 2.31. The van der Waals surface area contributed by atoms with E-state index < -0.39 is 10.0 Å². The van der Waals surface area contributed by atoms with Crippen LogP contribution in [-0.2, 0) is 27.9 Å². The maximum atomic E-state index is 13.1. The fourth-order valence-electron chi connectivity index (χ4n) is 4.37. The molecular weight excluding hydrogens is 404 g/mol. The molecule has 1 saturated carbocycles. The molecule has 2 fully saturated rings. The molecule has 0 N–H and O–H groups in total. The Bertz CT molecular complexity index is 940. The van der Waals surface area contributed by atoms with Crippen molar-refractivity contribution in [2.75, 3.05) is 13.1 Å². The monoisotopic (exact) mass is 434 g/mol.